The molecule has 28 heavy (non-hydrogen) atoms. The molecule has 154 valence electrons. The first-order valence-electron chi connectivity index (χ1n) is 10.6. The summed E-state index contributed by atoms with van der Waals surface area (Å²) in [4.78, 5) is 15.7. The maximum absolute atomic E-state index is 13.3. The highest BCUT2D eigenvalue weighted by Crippen LogP contribution is 2.33. The number of benzene rings is 1. The van der Waals surface area contributed by atoms with Crippen molar-refractivity contribution in [2.75, 3.05) is 26.3 Å². The fourth-order valence-corrected chi connectivity index (χ4v) is 6.26. The fraction of sp³-hybridized carbons (Fsp3) is 0.667. The van der Waals surface area contributed by atoms with E-state index in [2.05, 4.69) is 4.90 Å². The van der Waals surface area contributed by atoms with E-state index < -0.39 is 10.0 Å². The van der Waals surface area contributed by atoms with E-state index in [1.807, 2.05) is 0 Å². The lowest BCUT2D eigenvalue weighted by atomic mass is 10.1. The minimum atomic E-state index is -3.53. The Morgan fingerprint density at radius 2 is 1.39 bits per heavy atom. The summed E-state index contributed by atoms with van der Waals surface area (Å²) < 4.78 is 32.3. The summed E-state index contributed by atoms with van der Waals surface area (Å²) in [7, 11) is -3.53. The van der Waals surface area contributed by atoms with Crippen LogP contribution in [0.4, 0.5) is 0 Å². The summed E-state index contributed by atoms with van der Waals surface area (Å²) in [6.07, 6.45) is 9.13. The molecule has 0 N–H and O–H groups in total. The van der Waals surface area contributed by atoms with Crippen molar-refractivity contribution in [1.82, 2.24) is 9.21 Å². The van der Waals surface area contributed by atoms with Gasteiger partial charge in [-0.1, -0.05) is 25.7 Å². The summed E-state index contributed by atoms with van der Waals surface area (Å²) in [5.74, 6) is 0.0640. The summed E-state index contributed by atoms with van der Waals surface area (Å²) in [5.41, 5.74) is 0.597. The van der Waals surface area contributed by atoms with Crippen LogP contribution in [-0.4, -0.2) is 61.9 Å². The second-order valence-electron chi connectivity index (χ2n) is 8.13. The topological polar surface area (TPSA) is 66.9 Å². The lowest BCUT2D eigenvalue weighted by Crippen LogP contribution is -2.45. The van der Waals surface area contributed by atoms with Crippen LogP contribution in [0.15, 0.2) is 29.2 Å². The van der Waals surface area contributed by atoms with Crippen LogP contribution in [-0.2, 0) is 14.8 Å². The van der Waals surface area contributed by atoms with Crippen molar-refractivity contribution in [3.8, 4) is 0 Å². The van der Waals surface area contributed by atoms with Gasteiger partial charge in [0.25, 0.3) is 5.91 Å². The zero-order valence-corrected chi connectivity index (χ0v) is 17.2. The molecule has 3 aliphatic rings. The number of ether oxygens (including phenoxy) is 1. The number of hydrogen-bond donors (Lipinski definition) is 0. The van der Waals surface area contributed by atoms with Gasteiger partial charge in [-0.25, -0.2) is 8.42 Å². The third-order valence-electron chi connectivity index (χ3n) is 6.38. The number of carbonyl (C=O) groups is 1. The normalized spacial score (nSPS) is 22.6. The number of rotatable bonds is 5. The number of amides is 1. The first-order valence-corrected chi connectivity index (χ1v) is 12.0. The smallest absolute Gasteiger partial charge is 0.254 e. The van der Waals surface area contributed by atoms with Crippen molar-refractivity contribution < 1.29 is 17.9 Å². The lowest BCUT2D eigenvalue weighted by molar-refractivity contribution is 0.0580. The Morgan fingerprint density at radius 3 is 1.89 bits per heavy atom. The molecule has 1 saturated heterocycles. The van der Waals surface area contributed by atoms with Crippen LogP contribution < -0.4 is 0 Å². The molecule has 4 rings (SSSR count). The van der Waals surface area contributed by atoms with E-state index in [0.29, 0.717) is 44.0 Å². The summed E-state index contributed by atoms with van der Waals surface area (Å²) in [6, 6.07) is 7.22. The predicted molar refractivity (Wildman–Crippen MR) is 107 cm³/mol. The van der Waals surface area contributed by atoms with E-state index in [-0.39, 0.29) is 10.8 Å². The maximum atomic E-state index is 13.3. The van der Waals surface area contributed by atoms with Crippen LogP contribution in [0.3, 0.4) is 0 Å². The largest absolute Gasteiger partial charge is 0.379 e. The minimum absolute atomic E-state index is 0.0640. The van der Waals surface area contributed by atoms with Gasteiger partial charge in [0.1, 0.15) is 0 Å². The first kappa shape index (κ1) is 19.9. The number of nitrogens with zero attached hydrogens (tertiary/aromatic N) is 2. The van der Waals surface area contributed by atoms with Gasteiger partial charge in [-0.2, -0.15) is 4.31 Å². The van der Waals surface area contributed by atoms with Gasteiger partial charge < -0.3 is 9.64 Å². The molecule has 0 radical (unpaired) electrons. The lowest BCUT2D eigenvalue weighted by Gasteiger charge is -2.35. The molecule has 1 aromatic carbocycles. The number of morpholine rings is 1. The zero-order valence-electron chi connectivity index (χ0n) is 16.4. The molecule has 2 saturated carbocycles. The summed E-state index contributed by atoms with van der Waals surface area (Å²) >= 11 is 0. The van der Waals surface area contributed by atoms with Gasteiger partial charge in [-0.05, 0) is 49.9 Å². The highest BCUT2D eigenvalue weighted by molar-refractivity contribution is 7.89. The van der Waals surface area contributed by atoms with Crippen LogP contribution in [0, 0.1) is 0 Å². The minimum Gasteiger partial charge on any atom is -0.379 e. The monoisotopic (exact) mass is 406 g/mol. The molecule has 0 atom stereocenters. The van der Waals surface area contributed by atoms with Crippen LogP contribution in [0.25, 0.3) is 0 Å². The molecular formula is C21H30N2O4S. The molecule has 6 nitrogen and oxygen atoms in total. The molecular weight excluding hydrogens is 376 g/mol. The van der Waals surface area contributed by atoms with E-state index in [1.165, 1.54) is 30.0 Å². The van der Waals surface area contributed by atoms with Crippen LogP contribution in [0.2, 0.25) is 0 Å². The molecule has 2 aliphatic carbocycles. The Kier molecular flexibility index (Phi) is 6.04. The highest BCUT2D eigenvalue weighted by Gasteiger charge is 2.34. The Balaban J connectivity index is 1.54. The summed E-state index contributed by atoms with van der Waals surface area (Å²) in [5, 5.41) is 0. The summed E-state index contributed by atoms with van der Waals surface area (Å²) in [6.45, 7) is 1.60. The molecule has 1 aliphatic heterocycles. The molecule has 1 amide bonds. The molecule has 1 heterocycles. The van der Waals surface area contributed by atoms with Crippen molar-refractivity contribution in [3.63, 3.8) is 0 Å². The van der Waals surface area contributed by atoms with E-state index in [0.717, 1.165) is 25.7 Å². The van der Waals surface area contributed by atoms with Gasteiger partial charge in [0, 0.05) is 30.7 Å². The molecule has 0 unspecified atom stereocenters. The highest BCUT2D eigenvalue weighted by atomic mass is 32.2. The number of hydrogen-bond acceptors (Lipinski definition) is 4. The van der Waals surface area contributed by atoms with E-state index >= 15 is 0 Å². The third kappa shape index (κ3) is 3.98. The van der Waals surface area contributed by atoms with Crippen LogP contribution in [0.1, 0.15) is 61.7 Å². The van der Waals surface area contributed by atoms with Crippen LogP contribution in [0.5, 0.6) is 0 Å². The molecule has 3 fully saturated rings. The van der Waals surface area contributed by atoms with Gasteiger partial charge in [-0.15, -0.1) is 0 Å². The molecule has 0 spiro atoms. The average Bonchev–Trinajstić information content (AvgIpc) is 3.44. The van der Waals surface area contributed by atoms with Gasteiger partial charge >= 0.3 is 0 Å². The van der Waals surface area contributed by atoms with Crippen molar-refractivity contribution >= 4 is 15.9 Å². The molecule has 1 aromatic rings. The van der Waals surface area contributed by atoms with Gasteiger partial charge in [0.05, 0.1) is 18.1 Å². The Hall–Kier alpha value is -1.44. The molecule has 0 aromatic heterocycles. The second kappa shape index (κ2) is 8.51. The zero-order chi connectivity index (χ0) is 19.6. The number of sulfonamides is 1. The maximum Gasteiger partial charge on any atom is 0.254 e. The van der Waals surface area contributed by atoms with Gasteiger partial charge in [-0.3, -0.25) is 4.79 Å². The van der Waals surface area contributed by atoms with Gasteiger partial charge in [0.15, 0.2) is 0 Å². The van der Waals surface area contributed by atoms with Gasteiger partial charge in [0.2, 0.25) is 10.0 Å². The number of carbonyl (C=O) groups excluding carboxylic acids is 1. The third-order valence-corrected chi connectivity index (χ3v) is 8.29. The van der Waals surface area contributed by atoms with Crippen molar-refractivity contribution in [1.29, 1.82) is 0 Å². The quantitative estimate of drug-likeness (QED) is 0.754. The fourth-order valence-electron chi connectivity index (χ4n) is 4.85. The average molecular weight is 407 g/mol. The standard InChI is InChI=1S/C21H30N2O4S/c24-21(23(18-5-1-2-6-18)19-7-3-4-8-19)17-9-11-20(12-10-17)28(25,26)22-13-15-27-16-14-22/h9-12,18-19H,1-8,13-16H2. The van der Waals surface area contributed by atoms with E-state index in [4.69, 9.17) is 4.74 Å². The van der Waals surface area contributed by atoms with Crippen LogP contribution >= 0.6 is 0 Å². The SMILES string of the molecule is O=C(c1ccc(S(=O)(=O)N2CCOCC2)cc1)N(C1CCCC1)C1CCCC1. The van der Waals surface area contributed by atoms with E-state index in [9.17, 15) is 13.2 Å². The first-order chi connectivity index (χ1) is 13.6. The predicted octanol–water partition coefficient (Wildman–Crippen LogP) is 3.03. The Labute approximate surface area is 167 Å². The van der Waals surface area contributed by atoms with Crippen molar-refractivity contribution in [2.24, 2.45) is 0 Å². The Bertz CT molecular complexity index is 759. The molecule has 7 heteroatoms. The molecule has 0 bridgehead atoms. The van der Waals surface area contributed by atoms with Crippen molar-refractivity contribution in [2.45, 2.75) is 68.3 Å². The van der Waals surface area contributed by atoms with Crippen molar-refractivity contribution in [3.05, 3.63) is 29.8 Å². The Morgan fingerprint density at radius 1 is 0.893 bits per heavy atom. The second-order valence-corrected chi connectivity index (χ2v) is 10.1. The van der Waals surface area contributed by atoms with E-state index in [1.54, 1.807) is 24.3 Å².